The molecule has 0 aliphatic carbocycles. The van der Waals surface area contributed by atoms with Crippen LogP contribution in [0.2, 0.25) is 0 Å². The number of aromatic nitrogens is 2. The molecule has 3 N–H and O–H groups in total. The maximum absolute atomic E-state index is 13.7. The van der Waals surface area contributed by atoms with Crippen molar-refractivity contribution in [2.24, 2.45) is 10.7 Å². The molecule has 0 radical (unpaired) electrons. The molecule has 3 rings (SSSR count). The number of rotatable bonds is 3. The zero-order valence-electron chi connectivity index (χ0n) is 12.7. The van der Waals surface area contributed by atoms with Crippen molar-refractivity contribution in [2.75, 3.05) is 13.1 Å². The van der Waals surface area contributed by atoms with Crippen LogP contribution in [0.4, 0.5) is 4.39 Å². The van der Waals surface area contributed by atoms with E-state index in [0.717, 1.165) is 24.3 Å². The van der Waals surface area contributed by atoms with Crippen LogP contribution in [0.1, 0.15) is 17.8 Å². The summed E-state index contributed by atoms with van der Waals surface area (Å²) in [5.74, 6) is 0.250. The molecule has 2 heterocycles. The van der Waals surface area contributed by atoms with Crippen LogP contribution < -0.4 is 11.1 Å². The zero-order chi connectivity index (χ0) is 16.1. The van der Waals surface area contributed by atoms with Crippen LogP contribution in [-0.4, -0.2) is 28.8 Å². The van der Waals surface area contributed by atoms with Gasteiger partial charge in [-0.25, -0.2) is 14.4 Å². The number of piperidine rings is 1. The van der Waals surface area contributed by atoms with E-state index >= 15 is 0 Å². The first-order chi connectivity index (χ1) is 11.3. The summed E-state index contributed by atoms with van der Waals surface area (Å²) in [6, 6.07) is 8.42. The highest BCUT2D eigenvalue weighted by Gasteiger charge is 2.18. The minimum absolute atomic E-state index is 0.240. The summed E-state index contributed by atoms with van der Waals surface area (Å²) < 4.78 is 13.7. The molecule has 1 saturated heterocycles. The summed E-state index contributed by atoms with van der Waals surface area (Å²) in [7, 11) is 0. The molecule has 0 spiro atoms. The third-order valence-electron chi connectivity index (χ3n) is 3.72. The fraction of sp³-hybridized carbons (Fsp3) is 0.235. The predicted octanol–water partition coefficient (Wildman–Crippen LogP) is 1.92. The number of hydrogen-bond acceptors (Lipinski definition) is 5. The molecule has 0 bridgehead atoms. The van der Waals surface area contributed by atoms with E-state index in [1.807, 2.05) is 6.07 Å². The van der Waals surface area contributed by atoms with Gasteiger partial charge in [0.05, 0.1) is 12.2 Å². The first kappa shape index (κ1) is 15.3. The van der Waals surface area contributed by atoms with Crippen molar-refractivity contribution in [3.05, 3.63) is 65.5 Å². The second-order valence-corrected chi connectivity index (χ2v) is 5.25. The van der Waals surface area contributed by atoms with E-state index in [2.05, 4.69) is 20.3 Å². The van der Waals surface area contributed by atoms with Gasteiger partial charge in [0.1, 0.15) is 5.82 Å². The van der Waals surface area contributed by atoms with Crippen LogP contribution in [0, 0.1) is 5.82 Å². The number of benzene rings is 1. The van der Waals surface area contributed by atoms with E-state index in [9.17, 15) is 4.39 Å². The highest BCUT2D eigenvalue weighted by Crippen LogP contribution is 2.16. The lowest BCUT2D eigenvalue weighted by Crippen LogP contribution is -2.32. The molecule has 0 saturated carbocycles. The molecule has 6 heteroatoms. The fourth-order valence-corrected chi connectivity index (χ4v) is 2.48. The highest BCUT2D eigenvalue weighted by molar-refractivity contribution is 6.06. The summed E-state index contributed by atoms with van der Waals surface area (Å²) >= 11 is 0. The second kappa shape index (κ2) is 7.11. The quantitative estimate of drug-likeness (QED) is 0.908. The minimum atomic E-state index is -0.240. The number of nitrogens with one attached hydrogen (secondary N) is 1. The van der Waals surface area contributed by atoms with Gasteiger partial charge in [0, 0.05) is 48.8 Å². The van der Waals surface area contributed by atoms with Crippen molar-refractivity contribution in [3.8, 4) is 0 Å². The molecule has 0 atom stereocenters. The van der Waals surface area contributed by atoms with Crippen LogP contribution in [0.15, 0.2) is 53.3 Å². The van der Waals surface area contributed by atoms with E-state index in [1.165, 1.54) is 6.07 Å². The molecule has 0 unspecified atom stereocenters. The maximum atomic E-state index is 13.7. The Hall–Kier alpha value is -2.60. The van der Waals surface area contributed by atoms with Gasteiger partial charge < -0.3 is 11.1 Å². The average molecular weight is 311 g/mol. The number of hydrogen-bond donors (Lipinski definition) is 2. The van der Waals surface area contributed by atoms with Crippen molar-refractivity contribution in [1.82, 2.24) is 15.3 Å². The first-order valence-electron chi connectivity index (χ1n) is 7.49. The minimum Gasteiger partial charge on any atom is -0.395 e. The van der Waals surface area contributed by atoms with Gasteiger partial charge in [-0.15, -0.1) is 0 Å². The number of halogens is 1. The Morgan fingerprint density at radius 2 is 2.00 bits per heavy atom. The first-order valence-corrected chi connectivity index (χ1v) is 7.49. The van der Waals surface area contributed by atoms with Crippen LogP contribution >= 0.6 is 0 Å². The SMILES string of the molecule is NC(=C1CNCCC1=NCc1ccccc1F)c1ncccn1. The molecular weight excluding hydrogens is 293 g/mol. The van der Waals surface area contributed by atoms with Gasteiger partial charge in [-0.3, -0.25) is 4.99 Å². The zero-order valence-corrected chi connectivity index (χ0v) is 12.7. The Labute approximate surface area is 134 Å². The predicted molar refractivity (Wildman–Crippen MR) is 88.2 cm³/mol. The third kappa shape index (κ3) is 3.60. The highest BCUT2D eigenvalue weighted by atomic mass is 19.1. The third-order valence-corrected chi connectivity index (χ3v) is 3.72. The molecule has 118 valence electrons. The van der Waals surface area contributed by atoms with Crippen LogP contribution in [0.3, 0.4) is 0 Å². The van der Waals surface area contributed by atoms with Crippen molar-refractivity contribution in [2.45, 2.75) is 13.0 Å². The van der Waals surface area contributed by atoms with E-state index in [0.29, 0.717) is 30.2 Å². The van der Waals surface area contributed by atoms with E-state index in [4.69, 9.17) is 5.73 Å². The molecule has 1 fully saturated rings. The van der Waals surface area contributed by atoms with Gasteiger partial charge >= 0.3 is 0 Å². The number of nitrogens with zero attached hydrogens (tertiary/aromatic N) is 3. The number of nitrogens with two attached hydrogens (primary N) is 1. The van der Waals surface area contributed by atoms with E-state index < -0.39 is 0 Å². The molecule has 1 aromatic carbocycles. The Kier molecular flexibility index (Phi) is 4.73. The van der Waals surface area contributed by atoms with Gasteiger partial charge in [0.2, 0.25) is 0 Å². The Balaban J connectivity index is 1.90. The normalized spacial score (nSPS) is 18.9. The molecule has 0 amide bonds. The summed E-state index contributed by atoms with van der Waals surface area (Å²) in [6.07, 6.45) is 4.06. The van der Waals surface area contributed by atoms with Crippen LogP contribution in [0.5, 0.6) is 0 Å². The Morgan fingerprint density at radius 3 is 2.78 bits per heavy atom. The summed E-state index contributed by atoms with van der Waals surface area (Å²) in [5, 5.41) is 3.28. The van der Waals surface area contributed by atoms with E-state index in [1.54, 1.807) is 30.6 Å². The van der Waals surface area contributed by atoms with Gasteiger partial charge in [0.15, 0.2) is 5.82 Å². The van der Waals surface area contributed by atoms with Crippen LogP contribution in [-0.2, 0) is 6.54 Å². The fourth-order valence-electron chi connectivity index (χ4n) is 2.48. The van der Waals surface area contributed by atoms with Gasteiger partial charge in [-0.2, -0.15) is 0 Å². The Morgan fingerprint density at radius 1 is 1.22 bits per heavy atom. The number of aliphatic imine (C=N–C) groups is 1. The summed E-state index contributed by atoms with van der Waals surface area (Å²) in [5.41, 5.74) is 9.09. The molecule has 1 aliphatic rings. The van der Waals surface area contributed by atoms with Crippen molar-refractivity contribution >= 4 is 11.4 Å². The molecule has 2 aromatic rings. The molecule has 1 aliphatic heterocycles. The molecule has 5 nitrogen and oxygen atoms in total. The second-order valence-electron chi connectivity index (χ2n) is 5.25. The standard InChI is InChI=1S/C17H18FN5/c18-14-5-2-1-4-12(14)10-23-15-6-9-20-11-13(15)16(19)17-21-7-3-8-22-17/h1-5,7-8,20H,6,9-11,19H2. The lowest BCUT2D eigenvalue weighted by atomic mass is 10.0. The monoisotopic (exact) mass is 311 g/mol. The largest absolute Gasteiger partial charge is 0.395 e. The summed E-state index contributed by atoms with van der Waals surface area (Å²) in [6.45, 7) is 1.73. The van der Waals surface area contributed by atoms with E-state index in [-0.39, 0.29) is 5.82 Å². The Bertz CT molecular complexity index is 740. The average Bonchev–Trinajstić information content (AvgIpc) is 2.61. The summed E-state index contributed by atoms with van der Waals surface area (Å²) in [4.78, 5) is 13.0. The van der Waals surface area contributed by atoms with Crippen molar-refractivity contribution in [3.63, 3.8) is 0 Å². The van der Waals surface area contributed by atoms with Crippen LogP contribution in [0.25, 0.3) is 5.70 Å². The lowest BCUT2D eigenvalue weighted by molar-refractivity contribution is 0.610. The van der Waals surface area contributed by atoms with Gasteiger partial charge in [0.25, 0.3) is 0 Å². The smallest absolute Gasteiger partial charge is 0.175 e. The van der Waals surface area contributed by atoms with Crippen molar-refractivity contribution in [1.29, 1.82) is 0 Å². The maximum Gasteiger partial charge on any atom is 0.175 e. The van der Waals surface area contributed by atoms with Gasteiger partial charge in [-0.05, 0) is 12.1 Å². The van der Waals surface area contributed by atoms with Gasteiger partial charge in [-0.1, -0.05) is 18.2 Å². The molecule has 23 heavy (non-hydrogen) atoms. The topological polar surface area (TPSA) is 76.2 Å². The van der Waals surface area contributed by atoms with Crippen molar-refractivity contribution < 1.29 is 4.39 Å². The lowest BCUT2D eigenvalue weighted by Gasteiger charge is -2.20. The molecule has 1 aromatic heterocycles. The molecular formula is C17H18FN5.